The molecule has 2 aromatic rings. The van der Waals surface area contributed by atoms with Gasteiger partial charge >= 0.3 is 0 Å². The third-order valence-electron chi connectivity index (χ3n) is 7.34. The van der Waals surface area contributed by atoms with Crippen molar-refractivity contribution in [1.29, 1.82) is 0 Å². The Morgan fingerprint density at radius 1 is 0.973 bits per heavy atom. The number of halogens is 1. The van der Waals surface area contributed by atoms with Crippen LogP contribution in [0.1, 0.15) is 31.7 Å². The summed E-state index contributed by atoms with van der Waals surface area (Å²) in [5.41, 5.74) is 0.487. The number of nitrogens with one attached hydrogen (secondary N) is 2. The van der Waals surface area contributed by atoms with Crippen LogP contribution in [0.25, 0.3) is 12.2 Å². The fraction of sp³-hybridized carbons (Fsp3) is 0.276. The number of hydrogen-bond acceptors (Lipinski definition) is 6. The highest BCUT2D eigenvalue weighted by Crippen LogP contribution is 2.45. The molecule has 8 heteroatoms. The van der Waals surface area contributed by atoms with Crippen LogP contribution >= 0.6 is 0 Å². The first-order valence-corrected chi connectivity index (χ1v) is 12.3. The van der Waals surface area contributed by atoms with Crippen LogP contribution in [0.15, 0.2) is 82.4 Å². The number of alkyl halides is 1. The Kier molecular flexibility index (Phi) is 5.12. The Bertz CT molecular complexity index is 1620. The van der Waals surface area contributed by atoms with Crippen LogP contribution in [0.5, 0.6) is 0 Å². The second-order valence-corrected chi connectivity index (χ2v) is 10.4. The number of carbonyl (C=O) groups excluding carboxylic acids is 1. The minimum Gasteiger partial charge on any atom is -0.372 e. The molecule has 2 atom stereocenters. The van der Waals surface area contributed by atoms with E-state index >= 15 is 0 Å². The summed E-state index contributed by atoms with van der Waals surface area (Å²) in [4.78, 5) is 35.9. The van der Waals surface area contributed by atoms with Gasteiger partial charge in [0.15, 0.2) is 5.78 Å². The molecule has 0 spiro atoms. The molecule has 8 bridgehead atoms. The predicted molar refractivity (Wildman–Crippen MR) is 142 cm³/mol. The lowest BCUT2D eigenvalue weighted by molar-refractivity contribution is -0.127. The number of aliphatic imine (C=N–C) groups is 2. The van der Waals surface area contributed by atoms with Crippen molar-refractivity contribution in [3.63, 3.8) is 0 Å². The summed E-state index contributed by atoms with van der Waals surface area (Å²) in [6.45, 7) is 4.90. The van der Waals surface area contributed by atoms with E-state index in [1.54, 1.807) is 18.5 Å². The van der Waals surface area contributed by atoms with Crippen molar-refractivity contribution in [1.82, 2.24) is 20.3 Å². The fourth-order valence-electron chi connectivity index (χ4n) is 5.30. The monoisotopic (exact) mass is 494 g/mol. The van der Waals surface area contributed by atoms with Gasteiger partial charge in [-0.05, 0) is 81.5 Å². The second kappa shape index (κ2) is 8.16. The van der Waals surface area contributed by atoms with Crippen LogP contribution in [-0.4, -0.2) is 44.4 Å². The molecule has 2 N–H and O–H groups in total. The third-order valence-corrected chi connectivity index (χ3v) is 7.34. The van der Waals surface area contributed by atoms with Crippen molar-refractivity contribution < 1.29 is 9.18 Å². The SMILES string of the molecule is Cc1ncc(C23C=CC(=N2)C=c2ccc([nH]2)=CC2=NC(=CC4(CCF)NC(=C3)C(C)(C)C4=O)C=C2)cn1. The molecule has 37 heavy (non-hydrogen) atoms. The number of H-pyrrole nitrogens is 1. The number of rotatable bonds is 3. The molecule has 2 aromatic heterocycles. The molecule has 2 unspecified atom stereocenters. The van der Waals surface area contributed by atoms with E-state index in [0.717, 1.165) is 27.7 Å². The maximum absolute atomic E-state index is 13.9. The fourth-order valence-corrected chi connectivity index (χ4v) is 5.30. The molecular weight excluding hydrogens is 467 g/mol. The van der Waals surface area contributed by atoms with Crippen molar-refractivity contribution in [3.05, 3.63) is 94.5 Å². The van der Waals surface area contributed by atoms with Crippen molar-refractivity contribution >= 4 is 29.4 Å². The molecule has 7 nitrogen and oxygen atoms in total. The largest absolute Gasteiger partial charge is 0.372 e. The highest BCUT2D eigenvalue weighted by Gasteiger charge is 2.54. The molecule has 0 aromatic carbocycles. The van der Waals surface area contributed by atoms with Crippen molar-refractivity contribution in [2.45, 2.75) is 38.3 Å². The highest BCUT2D eigenvalue weighted by molar-refractivity contribution is 6.20. The Morgan fingerprint density at radius 3 is 2.43 bits per heavy atom. The number of allylic oxidation sites excluding steroid dienone is 4. The lowest BCUT2D eigenvalue weighted by Crippen LogP contribution is -2.45. The average Bonchev–Trinajstić information content (AvgIpc) is 3.62. The van der Waals surface area contributed by atoms with Crippen LogP contribution in [0.2, 0.25) is 0 Å². The topological polar surface area (TPSA) is 95.4 Å². The number of fused-ring (bicyclic) bond motifs is 6. The van der Waals surface area contributed by atoms with E-state index < -0.39 is 23.2 Å². The molecule has 0 aliphatic carbocycles. The number of nitrogens with zero attached hydrogens (tertiary/aromatic N) is 4. The maximum atomic E-state index is 13.9. The van der Waals surface area contributed by atoms with E-state index in [0.29, 0.717) is 17.2 Å². The van der Waals surface area contributed by atoms with Crippen LogP contribution in [0.3, 0.4) is 0 Å². The first kappa shape index (κ1) is 23.2. The zero-order valence-corrected chi connectivity index (χ0v) is 20.9. The van der Waals surface area contributed by atoms with Crippen LogP contribution in [-0.2, 0) is 10.3 Å². The lowest BCUT2D eigenvalue weighted by atomic mass is 9.77. The molecule has 4 aliphatic rings. The van der Waals surface area contributed by atoms with Crippen molar-refractivity contribution in [3.8, 4) is 0 Å². The molecule has 6 rings (SSSR count). The Hall–Kier alpha value is -4.20. The Labute approximate surface area is 213 Å². The first-order chi connectivity index (χ1) is 17.7. The number of carbonyl (C=O) groups is 1. The van der Waals surface area contributed by atoms with E-state index in [4.69, 9.17) is 4.99 Å². The Balaban J connectivity index is 1.63. The van der Waals surface area contributed by atoms with E-state index in [1.165, 1.54) is 0 Å². The van der Waals surface area contributed by atoms with Gasteiger partial charge in [0.05, 0.1) is 29.2 Å². The molecule has 0 amide bonds. The number of ketones is 1. The second-order valence-electron chi connectivity index (χ2n) is 10.4. The van der Waals surface area contributed by atoms with E-state index in [9.17, 15) is 9.18 Å². The van der Waals surface area contributed by atoms with E-state index in [-0.39, 0.29) is 12.2 Å². The number of Topliss-reactive ketones (excluding diaryl/α,β-unsaturated/α-hetero) is 1. The number of hydrogen-bond donors (Lipinski definition) is 2. The summed E-state index contributed by atoms with van der Waals surface area (Å²) in [6.07, 6.45) is 18.8. The number of aromatic nitrogens is 3. The smallest absolute Gasteiger partial charge is 0.173 e. The maximum Gasteiger partial charge on any atom is 0.173 e. The molecule has 4 aliphatic heterocycles. The summed E-state index contributed by atoms with van der Waals surface area (Å²) in [7, 11) is 0. The van der Waals surface area contributed by atoms with E-state index in [2.05, 4.69) is 25.3 Å². The van der Waals surface area contributed by atoms with E-state index in [1.807, 2.05) is 75.4 Å². The quantitative estimate of drug-likeness (QED) is 0.686. The minimum atomic E-state index is -1.23. The highest BCUT2D eigenvalue weighted by atomic mass is 19.1. The van der Waals surface area contributed by atoms with Crippen LogP contribution in [0.4, 0.5) is 4.39 Å². The zero-order valence-electron chi connectivity index (χ0n) is 20.9. The summed E-state index contributed by atoms with van der Waals surface area (Å²) < 4.78 is 13.9. The zero-order chi connectivity index (χ0) is 25.8. The normalized spacial score (nSPS) is 27.1. The predicted octanol–water partition coefficient (Wildman–Crippen LogP) is 2.67. The van der Waals surface area contributed by atoms with Gasteiger partial charge < -0.3 is 10.3 Å². The van der Waals surface area contributed by atoms with Gasteiger partial charge in [-0.3, -0.25) is 14.2 Å². The molecule has 0 radical (unpaired) electrons. The van der Waals surface area contributed by atoms with Crippen molar-refractivity contribution in [2.24, 2.45) is 15.4 Å². The first-order valence-electron chi connectivity index (χ1n) is 12.3. The summed E-state index contributed by atoms with van der Waals surface area (Å²) in [5, 5.41) is 5.21. The van der Waals surface area contributed by atoms with Gasteiger partial charge in [-0.15, -0.1) is 0 Å². The van der Waals surface area contributed by atoms with Gasteiger partial charge in [0.25, 0.3) is 0 Å². The standard InChI is InChI=1S/C29H27FN6O/c1-18-31-16-19(17-32-18)28-9-8-23(35-28)13-22-5-4-20(33-22)12-21-6-7-24(34-21)14-29(10-11-30)26(37)27(2,3)25(15-28)36-29/h4-9,12-17,33,36H,10-11H2,1-3H3. The summed E-state index contributed by atoms with van der Waals surface area (Å²) in [5.74, 6) is 0.546. The number of aromatic amines is 1. The molecule has 1 fully saturated rings. The molecular formula is C29H27FN6O. The summed E-state index contributed by atoms with van der Waals surface area (Å²) >= 11 is 0. The van der Waals surface area contributed by atoms with Gasteiger partial charge in [-0.25, -0.2) is 15.0 Å². The van der Waals surface area contributed by atoms with Gasteiger partial charge in [0.2, 0.25) is 0 Å². The molecule has 0 saturated carbocycles. The molecule has 6 heterocycles. The lowest BCUT2D eigenvalue weighted by Gasteiger charge is -2.25. The Morgan fingerprint density at radius 2 is 1.70 bits per heavy atom. The van der Waals surface area contributed by atoms with Gasteiger partial charge in [-0.1, -0.05) is 0 Å². The number of aryl methyl sites for hydroxylation is 1. The summed E-state index contributed by atoms with van der Waals surface area (Å²) in [6, 6.07) is 3.97. The third kappa shape index (κ3) is 3.84. The van der Waals surface area contributed by atoms with Crippen LogP contribution in [0, 0.1) is 12.3 Å². The molecule has 186 valence electrons. The van der Waals surface area contributed by atoms with Gasteiger partial charge in [-0.2, -0.15) is 0 Å². The minimum absolute atomic E-state index is 0.00270. The van der Waals surface area contributed by atoms with Crippen LogP contribution < -0.4 is 16.0 Å². The molecule has 1 saturated heterocycles. The van der Waals surface area contributed by atoms with Crippen molar-refractivity contribution in [2.75, 3.05) is 6.67 Å². The average molecular weight is 495 g/mol. The van der Waals surface area contributed by atoms with Gasteiger partial charge in [0, 0.05) is 40.8 Å². The van der Waals surface area contributed by atoms with Gasteiger partial charge in [0.1, 0.15) is 16.9 Å².